The van der Waals surface area contributed by atoms with Crippen LogP contribution in [-0.4, -0.2) is 51.6 Å². The number of carbonyl (C=O) groups is 2. The number of aryl methyl sites for hydroxylation is 1. The number of nitrogens with one attached hydrogen (secondary N) is 2. The number of carbonyl (C=O) groups excluding carboxylic acids is 2. The lowest BCUT2D eigenvalue weighted by molar-refractivity contribution is 0.0892. The highest BCUT2D eigenvalue weighted by molar-refractivity contribution is 7.92. The van der Waals surface area contributed by atoms with E-state index in [0.717, 1.165) is 6.07 Å². The summed E-state index contributed by atoms with van der Waals surface area (Å²) in [5, 5.41) is 2.90. The molecule has 2 amide bonds. The van der Waals surface area contributed by atoms with Gasteiger partial charge in [-0.25, -0.2) is 17.6 Å². The van der Waals surface area contributed by atoms with E-state index in [-0.39, 0.29) is 28.1 Å². The second-order valence-electron chi connectivity index (χ2n) is 7.30. The van der Waals surface area contributed by atoms with Crippen molar-refractivity contribution in [3.05, 3.63) is 59.4 Å². The summed E-state index contributed by atoms with van der Waals surface area (Å²) in [5.74, 6) is -0.965. The van der Waals surface area contributed by atoms with E-state index in [1.54, 1.807) is 24.0 Å². The van der Waals surface area contributed by atoms with Gasteiger partial charge in [-0.05, 0) is 55.7 Å². The monoisotopic (exact) mass is 449 g/mol. The minimum absolute atomic E-state index is 0.107. The highest BCUT2D eigenvalue weighted by Crippen LogP contribution is 2.20. The molecule has 0 spiro atoms. The van der Waals surface area contributed by atoms with Crippen LogP contribution < -0.4 is 10.0 Å². The molecule has 1 aliphatic heterocycles. The zero-order chi connectivity index (χ0) is 22.6. The Labute approximate surface area is 180 Å². The van der Waals surface area contributed by atoms with Gasteiger partial charge in [0, 0.05) is 30.4 Å². The summed E-state index contributed by atoms with van der Waals surface area (Å²) >= 11 is 0. The van der Waals surface area contributed by atoms with Crippen molar-refractivity contribution in [1.29, 1.82) is 0 Å². The molecule has 2 N–H and O–H groups in total. The molecule has 8 nitrogen and oxygen atoms in total. The maximum Gasteiger partial charge on any atom is 0.409 e. The van der Waals surface area contributed by atoms with Gasteiger partial charge >= 0.3 is 6.09 Å². The predicted molar refractivity (Wildman–Crippen MR) is 113 cm³/mol. The van der Waals surface area contributed by atoms with Gasteiger partial charge in [-0.1, -0.05) is 12.1 Å². The van der Waals surface area contributed by atoms with Gasteiger partial charge in [-0.2, -0.15) is 0 Å². The molecule has 0 bridgehead atoms. The number of ether oxygens (including phenoxy) is 1. The smallest absolute Gasteiger partial charge is 0.409 e. The zero-order valence-electron chi connectivity index (χ0n) is 17.2. The van der Waals surface area contributed by atoms with Crippen LogP contribution in [0.2, 0.25) is 0 Å². The lowest BCUT2D eigenvalue weighted by atomic mass is 10.0. The quantitative estimate of drug-likeness (QED) is 0.730. The molecule has 0 aliphatic carbocycles. The lowest BCUT2D eigenvalue weighted by Gasteiger charge is -2.31. The lowest BCUT2D eigenvalue weighted by Crippen LogP contribution is -2.46. The van der Waals surface area contributed by atoms with Gasteiger partial charge in [0.1, 0.15) is 5.82 Å². The first-order chi connectivity index (χ1) is 14.7. The number of methoxy groups -OCH3 is 1. The predicted octanol–water partition coefficient (Wildman–Crippen LogP) is 2.90. The van der Waals surface area contributed by atoms with Crippen LogP contribution in [0.15, 0.2) is 47.4 Å². The number of hydrogen-bond donors (Lipinski definition) is 2. The molecule has 1 aliphatic rings. The highest BCUT2D eigenvalue weighted by atomic mass is 32.2. The minimum Gasteiger partial charge on any atom is -0.453 e. The Balaban J connectivity index is 1.65. The Morgan fingerprint density at radius 2 is 1.84 bits per heavy atom. The third kappa shape index (κ3) is 5.52. The molecule has 10 heteroatoms. The maximum atomic E-state index is 13.8. The molecule has 1 heterocycles. The van der Waals surface area contributed by atoms with E-state index in [4.69, 9.17) is 4.74 Å². The average molecular weight is 450 g/mol. The van der Waals surface area contributed by atoms with Crippen molar-refractivity contribution in [2.45, 2.75) is 30.7 Å². The molecule has 0 aromatic heterocycles. The Hall–Kier alpha value is -3.14. The summed E-state index contributed by atoms with van der Waals surface area (Å²) in [5.41, 5.74) is 0.815. The van der Waals surface area contributed by atoms with Crippen molar-refractivity contribution < 1.29 is 27.1 Å². The second kappa shape index (κ2) is 9.34. The van der Waals surface area contributed by atoms with Gasteiger partial charge in [0.25, 0.3) is 15.9 Å². The van der Waals surface area contributed by atoms with Crippen molar-refractivity contribution in [2.24, 2.45) is 0 Å². The normalized spacial score (nSPS) is 14.7. The topological polar surface area (TPSA) is 105 Å². The van der Waals surface area contributed by atoms with Crippen molar-refractivity contribution in [2.75, 3.05) is 24.9 Å². The van der Waals surface area contributed by atoms with Crippen LogP contribution in [0.1, 0.15) is 28.8 Å². The van der Waals surface area contributed by atoms with Crippen LogP contribution in [0.4, 0.5) is 14.9 Å². The van der Waals surface area contributed by atoms with Crippen molar-refractivity contribution in [3.63, 3.8) is 0 Å². The van der Waals surface area contributed by atoms with E-state index in [2.05, 4.69) is 10.0 Å². The van der Waals surface area contributed by atoms with E-state index >= 15 is 0 Å². The number of nitrogens with zero attached hydrogens (tertiary/aromatic N) is 1. The SMILES string of the molecule is COC(=O)N1CCC(NC(=O)c2cccc(NS(=O)(=O)c3ccc(C)c(F)c3)c2)CC1. The Morgan fingerprint density at radius 1 is 1.13 bits per heavy atom. The van der Waals surface area contributed by atoms with Gasteiger partial charge in [-0.3, -0.25) is 9.52 Å². The van der Waals surface area contributed by atoms with Crippen LogP contribution in [0, 0.1) is 12.7 Å². The Bertz CT molecular complexity index is 1080. The molecule has 2 aromatic carbocycles. The van der Waals surface area contributed by atoms with Gasteiger partial charge < -0.3 is 15.0 Å². The van der Waals surface area contributed by atoms with Gasteiger partial charge in [-0.15, -0.1) is 0 Å². The third-order valence-corrected chi connectivity index (χ3v) is 6.47. The summed E-state index contributed by atoms with van der Waals surface area (Å²) in [7, 11) is -2.68. The minimum atomic E-state index is -4.01. The number of hydrogen-bond acceptors (Lipinski definition) is 5. The number of likely N-dealkylation sites (tertiary alicyclic amines) is 1. The average Bonchev–Trinajstić information content (AvgIpc) is 2.75. The highest BCUT2D eigenvalue weighted by Gasteiger charge is 2.24. The summed E-state index contributed by atoms with van der Waals surface area (Å²) in [6.07, 6.45) is 0.788. The van der Waals surface area contributed by atoms with E-state index in [1.807, 2.05) is 0 Å². The third-order valence-electron chi connectivity index (χ3n) is 5.09. The fourth-order valence-electron chi connectivity index (χ4n) is 3.28. The van der Waals surface area contributed by atoms with E-state index in [9.17, 15) is 22.4 Å². The molecule has 2 aromatic rings. The molecule has 0 atom stereocenters. The molecule has 31 heavy (non-hydrogen) atoms. The largest absolute Gasteiger partial charge is 0.453 e. The molecular formula is C21H24FN3O5S. The van der Waals surface area contributed by atoms with E-state index in [1.165, 1.54) is 31.4 Å². The second-order valence-corrected chi connectivity index (χ2v) is 8.98. The number of piperidine rings is 1. The molecule has 0 saturated carbocycles. The number of benzene rings is 2. The molecule has 3 rings (SSSR count). The molecule has 0 unspecified atom stereocenters. The van der Waals surface area contributed by atoms with Crippen LogP contribution >= 0.6 is 0 Å². The summed E-state index contributed by atoms with van der Waals surface area (Å²) in [6, 6.07) is 9.61. The van der Waals surface area contributed by atoms with Crippen LogP contribution in [-0.2, 0) is 14.8 Å². The molecule has 0 radical (unpaired) electrons. The molecule has 1 fully saturated rings. The van der Waals surface area contributed by atoms with Crippen LogP contribution in [0.3, 0.4) is 0 Å². The number of rotatable bonds is 5. The first-order valence-electron chi connectivity index (χ1n) is 9.72. The van der Waals surface area contributed by atoms with Crippen molar-refractivity contribution in [1.82, 2.24) is 10.2 Å². The van der Waals surface area contributed by atoms with E-state index in [0.29, 0.717) is 31.5 Å². The fourth-order valence-corrected chi connectivity index (χ4v) is 4.34. The fraction of sp³-hybridized carbons (Fsp3) is 0.333. The Morgan fingerprint density at radius 3 is 2.48 bits per heavy atom. The number of amides is 2. The van der Waals surface area contributed by atoms with Gasteiger partial charge in [0.05, 0.1) is 12.0 Å². The first-order valence-corrected chi connectivity index (χ1v) is 11.2. The maximum absolute atomic E-state index is 13.8. The molecular weight excluding hydrogens is 425 g/mol. The number of halogens is 1. The number of sulfonamides is 1. The summed E-state index contributed by atoms with van der Waals surface area (Å²) < 4.78 is 45.9. The van der Waals surface area contributed by atoms with Gasteiger partial charge in [0.2, 0.25) is 0 Å². The Kier molecular flexibility index (Phi) is 6.79. The van der Waals surface area contributed by atoms with Crippen molar-refractivity contribution >= 4 is 27.7 Å². The summed E-state index contributed by atoms with van der Waals surface area (Å²) in [6.45, 7) is 2.50. The molecule has 166 valence electrons. The zero-order valence-corrected chi connectivity index (χ0v) is 18.0. The van der Waals surface area contributed by atoms with Crippen molar-refractivity contribution in [3.8, 4) is 0 Å². The first kappa shape index (κ1) is 22.5. The van der Waals surface area contributed by atoms with E-state index < -0.39 is 21.9 Å². The van der Waals surface area contributed by atoms with Crippen LogP contribution in [0.5, 0.6) is 0 Å². The number of anilines is 1. The molecule has 1 saturated heterocycles. The standard InChI is InChI=1S/C21H24FN3O5S/c1-14-6-7-18(13-19(14)22)31(28,29)24-17-5-3-4-15(12-17)20(26)23-16-8-10-25(11-9-16)21(27)30-2/h3-7,12-13,16,24H,8-11H2,1-2H3,(H,23,26). The summed E-state index contributed by atoms with van der Waals surface area (Å²) in [4.78, 5) is 25.5. The van der Waals surface area contributed by atoms with Crippen LogP contribution in [0.25, 0.3) is 0 Å². The van der Waals surface area contributed by atoms with Gasteiger partial charge in [0.15, 0.2) is 0 Å².